The molecule has 0 aliphatic rings. The van der Waals surface area contributed by atoms with Gasteiger partial charge in [0.2, 0.25) is 0 Å². The average Bonchev–Trinajstić information content (AvgIpc) is 2.15. The number of phosphoric acid groups is 2. The molecule has 0 rings (SSSR count). The molecule has 2 unspecified atom stereocenters. The van der Waals surface area contributed by atoms with E-state index in [1.807, 2.05) is 0 Å². The maximum absolute atomic E-state index is 13.1. The van der Waals surface area contributed by atoms with Gasteiger partial charge in [-0.25, -0.2) is 9.13 Å². The van der Waals surface area contributed by atoms with Crippen LogP contribution < -0.4 is 0 Å². The summed E-state index contributed by atoms with van der Waals surface area (Å²) in [5.41, 5.74) is 0. The lowest BCUT2D eigenvalue weighted by Crippen LogP contribution is -2.30. The predicted molar refractivity (Wildman–Crippen MR) is 395 cm³/mol. The van der Waals surface area contributed by atoms with Crippen molar-refractivity contribution < 1.29 is 80.2 Å². The molecule has 17 nitrogen and oxygen atoms in total. The highest BCUT2D eigenvalue weighted by Gasteiger charge is 2.30. The molecule has 0 aromatic carbocycles. The molecule has 97 heavy (non-hydrogen) atoms. The lowest BCUT2D eigenvalue weighted by atomic mass is 10.0. The molecule has 0 aliphatic heterocycles. The van der Waals surface area contributed by atoms with Gasteiger partial charge in [-0.05, 0) is 31.6 Å². The number of ether oxygens (including phenoxy) is 4. The fourth-order valence-corrected chi connectivity index (χ4v) is 13.6. The fraction of sp³-hybridized carbons (Fsp3) is 0.949. The molecule has 0 spiro atoms. The van der Waals surface area contributed by atoms with Crippen molar-refractivity contribution in [2.75, 3.05) is 39.6 Å². The van der Waals surface area contributed by atoms with E-state index in [2.05, 4.69) is 34.6 Å². The highest BCUT2D eigenvalue weighted by atomic mass is 31.2. The summed E-state index contributed by atoms with van der Waals surface area (Å²) in [6.07, 6.45) is 61.1. The highest BCUT2D eigenvalue weighted by Crippen LogP contribution is 2.45. The number of unbranched alkanes of at least 4 members (excludes halogenated alkanes) is 50. The van der Waals surface area contributed by atoms with Crippen LogP contribution in [0.3, 0.4) is 0 Å². The van der Waals surface area contributed by atoms with E-state index in [9.17, 15) is 43.2 Å². The van der Waals surface area contributed by atoms with Crippen molar-refractivity contribution in [3.63, 3.8) is 0 Å². The molecule has 0 saturated carbocycles. The van der Waals surface area contributed by atoms with E-state index in [0.29, 0.717) is 25.7 Å². The molecule has 0 aromatic rings. The van der Waals surface area contributed by atoms with E-state index in [1.54, 1.807) is 0 Å². The van der Waals surface area contributed by atoms with Gasteiger partial charge >= 0.3 is 39.5 Å². The molecule has 576 valence electrons. The number of hydrogen-bond acceptors (Lipinski definition) is 15. The van der Waals surface area contributed by atoms with Crippen molar-refractivity contribution in [2.45, 2.75) is 432 Å². The summed E-state index contributed by atoms with van der Waals surface area (Å²) < 4.78 is 68.5. The van der Waals surface area contributed by atoms with Gasteiger partial charge in [0.15, 0.2) is 12.2 Å². The van der Waals surface area contributed by atoms with Gasteiger partial charge in [0.05, 0.1) is 26.4 Å². The molecule has 0 bridgehead atoms. The fourth-order valence-electron chi connectivity index (χ4n) is 12.1. The van der Waals surface area contributed by atoms with Crippen molar-refractivity contribution in [2.24, 2.45) is 5.92 Å². The number of hydrogen-bond donors (Lipinski definition) is 3. The lowest BCUT2D eigenvalue weighted by Gasteiger charge is -2.21. The summed E-state index contributed by atoms with van der Waals surface area (Å²) >= 11 is 0. The van der Waals surface area contributed by atoms with Gasteiger partial charge < -0.3 is 33.8 Å². The van der Waals surface area contributed by atoms with Gasteiger partial charge in [-0.2, -0.15) is 0 Å². The minimum atomic E-state index is -4.96. The zero-order valence-electron chi connectivity index (χ0n) is 63.2. The molecule has 5 atom stereocenters. The minimum absolute atomic E-state index is 0.107. The van der Waals surface area contributed by atoms with Crippen LogP contribution in [-0.4, -0.2) is 96.7 Å². The van der Waals surface area contributed by atoms with Gasteiger partial charge in [0.25, 0.3) is 0 Å². The van der Waals surface area contributed by atoms with Crippen LogP contribution >= 0.6 is 15.6 Å². The zero-order valence-corrected chi connectivity index (χ0v) is 65.0. The summed E-state index contributed by atoms with van der Waals surface area (Å²) in [5.74, 6) is -1.35. The first kappa shape index (κ1) is 95.1. The Bertz CT molecular complexity index is 1860. The third kappa shape index (κ3) is 72.2. The molecule has 0 aromatic heterocycles. The van der Waals surface area contributed by atoms with Gasteiger partial charge in [-0.15, -0.1) is 0 Å². The molecule has 0 amide bonds. The van der Waals surface area contributed by atoms with Crippen LogP contribution in [-0.2, 0) is 65.4 Å². The molecule has 19 heteroatoms. The SMILES string of the molecule is CCCCCCCCCCCCCCCCCCCCCCCCC(=O)O[C@H](COC(=O)CCCCCCCCCCCCC(C)C)COP(=O)(O)OC[C@@H](O)COP(=O)(O)OC[C@@H](COC(=O)CCCCCCCCCCCCC)OC(=O)CCCCCCCCCCCCC. The van der Waals surface area contributed by atoms with Crippen LogP contribution in [0.4, 0.5) is 0 Å². The molecule has 0 radical (unpaired) electrons. The van der Waals surface area contributed by atoms with E-state index in [4.69, 9.17) is 37.0 Å². The van der Waals surface area contributed by atoms with E-state index in [1.165, 1.54) is 238 Å². The molecule has 0 fully saturated rings. The third-order valence-corrected chi connectivity index (χ3v) is 20.2. The molecule has 0 saturated heterocycles. The Morgan fingerprint density at radius 2 is 0.474 bits per heavy atom. The minimum Gasteiger partial charge on any atom is -0.462 e. The number of rotatable bonds is 78. The first-order valence-corrected chi connectivity index (χ1v) is 43.6. The first-order chi connectivity index (χ1) is 47.0. The summed E-state index contributed by atoms with van der Waals surface area (Å²) in [6.45, 7) is 7.29. The van der Waals surface area contributed by atoms with Crippen LogP contribution in [0.1, 0.15) is 413 Å². The average molecular weight is 1420 g/mol. The topological polar surface area (TPSA) is 237 Å². The predicted octanol–water partition coefficient (Wildman–Crippen LogP) is 23.3. The summed E-state index contributed by atoms with van der Waals surface area (Å²) in [7, 11) is -9.91. The highest BCUT2D eigenvalue weighted by molar-refractivity contribution is 7.47. The Balaban J connectivity index is 5.18. The van der Waals surface area contributed by atoms with Crippen LogP contribution in [0.2, 0.25) is 0 Å². The molecular formula is C78H152O17P2. The van der Waals surface area contributed by atoms with Gasteiger partial charge in [-0.3, -0.25) is 37.3 Å². The van der Waals surface area contributed by atoms with Crippen molar-refractivity contribution >= 4 is 39.5 Å². The second-order valence-corrected chi connectivity index (χ2v) is 31.5. The largest absolute Gasteiger partial charge is 0.472 e. The quantitative estimate of drug-likeness (QED) is 0.0222. The monoisotopic (exact) mass is 1420 g/mol. The molecule has 3 N–H and O–H groups in total. The number of carbonyl (C=O) groups is 4. The van der Waals surface area contributed by atoms with E-state index < -0.39 is 97.5 Å². The maximum atomic E-state index is 13.1. The second-order valence-electron chi connectivity index (χ2n) is 28.6. The summed E-state index contributed by atoms with van der Waals surface area (Å²) in [5, 5.41) is 10.6. The van der Waals surface area contributed by atoms with Crippen molar-refractivity contribution in [1.29, 1.82) is 0 Å². The Morgan fingerprint density at radius 3 is 0.701 bits per heavy atom. The van der Waals surface area contributed by atoms with Crippen molar-refractivity contribution in [1.82, 2.24) is 0 Å². The van der Waals surface area contributed by atoms with Crippen LogP contribution in [0.25, 0.3) is 0 Å². The maximum Gasteiger partial charge on any atom is 0.472 e. The Labute approximate surface area is 594 Å². The molecule has 0 heterocycles. The Kier molecular flexibility index (Phi) is 69.6. The number of aliphatic hydroxyl groups excluding tert-OH is 1. The molecular weight excluding hydrogens is 1270 g/mol. The second kappa shape index (κ2) is 71.1. The smallest absolute Gasteiger partial charge is 0.462 e. The summed E-state index contributed by atoms with van der Waals surface area (Å²) in [4.78, 5) is 72.8. The summed E-state index contributed by atoms with van der Waals surface area (Å²) in [6, 6.07) is 0. The normalized spacial score (nSPS) is 13.9. The van der Waals surface area contributed by atoms with Gasteiger partial charge in [0, 0.05) is 25.7 Å². The third-order valence-electron chi connectivity index (χ3n) is 18.3. The lowest BCUT2D eigenvalue weighted by molar-refractivity contribution is -0.161. The zero-order chi connectivity index (χ0) is 71.2. The Hall–Kier alpha value is -1.94. The van der Waals surface area contributed by atoms with Crippen LogP contribution in [0.5, 0.6) is 0 Å². The van der Waals surface area contributed by atoms with E-state index >= 15 is 0 Å². The number of aliphatic hydroxyl groups is 1. The number of esters is 4. The van der Waals surface area contributed by atoms with Gasteiger partial charge in [0.1, 0.15) is 19.3 Å². The molecule has 0 aliphatic carbocycles. The standard InChI is InChI=1S/C78H152O17P2/c1-6-9-12-15-18-21-24-25-26-27-28-29-30-31-32-33-34-37-44-49-54-59-64-78(83)95-74(68-89-76(81)62-57-52-47-42-39-38-40-45-50-55-60-71(4)5)70-93-97(86,87)91-66-72(79)65-90-96(84,85)92-69-73(94-77(82)63-58-53-48-43-36-23-20-17-14-11-8-3)67-88-75(80)61-56-51-46-41-35-22-19-16-13-10-7-2/h71-74,79H,6-70H2,1-5H3,(H,84,85)(H,86,87)/t72-,73+,74+/m0/s1. The van der Waals surface area contributed by atoms with Crippen LogP contribution in [0.15, 0.2) is 0 Å². The number of phosphoric ester groups is 2. The first-order valence-electron chi connectivity index (χ1n) is 40.6. The van der Waals surface area contributed by atoms with Crippen molar-refractivity contribution in [3.05, 3.63) is 0 Å². The van der Waals surface area contributed by atoms with Crippen LogP contribution in [0, 0.1) is 5.92 Å². The Morgan fingerprint density at radius 1 is 0.278 bits per heavy atom. The van der Waals surface area contributed by atoms with Crippen molar-refractivity contribution in [3.8, 4) is 0 Å². The van der Waals surface area contributed by atoms with E-state index in [-0.39, 0.29) is 25.7 Å². The van der Waals surface area contributed by atoms with Gasteiger partial charge in [-0.1, -0.05) is 362 Å². The number of carbonyl (C=O) groups excluding carboxylic acids is 4. The van der Waals surface area contributed by atoms with E-state index in [0.717, 1.165) is 95.8 Å².